The van der Waals surface area contributed by atoms with Crippen molar-refractivity contribution in [2.75, 3.05) is 19.0 Å². The molecule has 1 atom stereocenters. The lowest BCUT2D eigenvalue weighted by Gasteiger charge is -2.15. The Morgan fingerprint density at radius 3 is 2.71 bits per heavy atom. The highest BCUT2D eigenvalue weighted by Crippen LogP contribution is 2.18. The lowest BCUT2D eigenvalue weighted by atomic mass is 10.1. The maximum absolute atomic E-state index is 5.34. The summed E-state index contributed by atoms with van der Waals surface area (Å²) in [6, 6.07) is 7.73. The second-order valence-corrected chi connectivity index (χ2v) is 3.26. The van der Waals surface area contributed by atoms with Gasteiger partial charge in [-0.05, 0) is 17.7 Å². The summed E-state index contributed by atoms with van der Waals surface area (Å²) in [5, 5.41) is 0. The SMILES string of the molecule is C#CC(NN)c1cccc(N(C)C)c1. The molecule has 0 radical (unpaired) electrons. The zero-order valence-electron chi connectivity index (χ0n) is 8.49. The van der Waals surface area contributed by atoms with Crippen molar-refractivity contribution >= 4 is 5.69 Å². The molecule has 3 nitrogen and oxygen atoms in total. The fourth-order valence-electron chi connectivity index (χ4n) is 1.22. The van der Waals surface area contributed by atoms with E-state index in [1.807, 2.05) is 43.3 Å². The van der Waals surface area contributed by atoms with E-state index >= 15 is 0 Å². The predicted octanol–water partition coefficient (Wildman–Crippen LogP) is 0.890. The van der Waals surface area contributed by atoms with Crippen LogP contribution < -0.4 is 16.2 Å². The van der Waals surface area contributed by atoms with Gasteiger partial charge in [0.25, 0.3) is 0 Å². The molecule has 0 aliphatic carbocycles. The van der Waals surface area contributed by atoms with E-state index in [-0.39, 0.29) is 6.04 Å². The van der Waals surface area contributed by atoms with Crippen molar-refractivity contribution in [3.8, 4) is 12.3 Å². The first-order valence-corrected chi connectivity index (χ1v) is 4.38. The van der Waals surface area contributed by atoms with Crippen LogP contribution in [0.3, 0.4) is 0 Å². The van der Waals surface area contributed by atoms with Crippen molar-refractivity contribution in [2.24, 2.45) is 5.84 Å². The number of hydrogen-bond donors (Lipinski definition) is 2. The highest BCUT2D eigenvalue weighted by molar-refractivity contribution is 5.48. The third kappa shape index (κ3) is 2.25. The van der Waals surface area contributed by atoms with Crippen LogP contribution >= 0.6 is 0 Å². The largest absolute Gasteiger partial charge is 0.378 e. The lowest BCUT2D eigenvalue weighted by molar-refractivity contribution is 0.673. The fourth-order valence-corrected chi connectivity index (χ4v) is 1.22. The summed E-state index contributed by atoms with van der Waals surface area (Å²) >= 11 is 0. The van der Waals surface area contributed by atoms with Gasteiger partial charge in [-0.1, -0.05) is 18.1 Å². The van der Waals surface area contributed by atoms with Crippen molar-refractivity contribution in [1.82, 2.24) is 5.43 Å². The van der Waals surface area contributed by atoms with Gasteiger partial charge in [0.1, 0.15) is 6.04 Å². The van der Waals surface area contributed by atoms with Gasteiger partial charge in [0.15, 0.2) is 0 Å². The quantitative estimate of drug-likeness (QED) is 0.421. The number of nitrogens with two attached hydrogens (primary N) is 1. The minimum absolute atomic E-state index is 0.227. The van der Waals surface area contributed by atoms with Crippen LogP contribution in [0.4, 0.5) is 5.69 Å². The van der Waals surface area contributed by atoms with Crippen molar-refractivity contribution in [3.63, 3.8) is 0 Å². The molecule has 74 valence electrons. The number of terminal acetylenes is 1. The molecule has 14 heavy (non-hydrogen) atoms. The molecule has 0 aliphatic rings. The van der Waals surface area contributed by atoms with Crippen LogP contribution in [0.1, 0.15) is 11.6 Å². The summed E-state index contributed by atoms with van der Waals surface area (Å²) in [5.41, 5.74) is 4.69. The Bertz CT molecular complexity index is 339. The molecule has 0 fully saturated rings. The summed E-state index contributed by atoms with van der Waals surface area (Å²) in [6.07, 6.45) is 5.34. The van der Waals surface area contributed by atoms with Gasteiger partial charge in [-0.25, -0.2) is 5.43 Å². The fraction of sp³-hybridized carbons (Fsp3) is 0.273. The van der Waals surface area contributed by atoms with Gasteiger partial charge in [0, 0.05) is 19.8 Å². The first kappa shape index (κ1) is 10.6. The standard InChI is InChI=1S/C11H15N3/c1-4-11(13-12)9-6-5-7-10(8-9)14(2)3/h1,5-8,11,13H,12H2,2-3H3. The Morgan fingerprint density at radius 1 is 1.50 bits per heavy atom. The Balaban J connectivity index is 3.00. The molecular formula is C11H15N3. The summed E-state index contributed by atoms with van der Waals surface area (Å²) in [6.45, 7) is 0. The first-order chi connectivity index (χ1) is 6.69. The molecule has 1 unspecified atom stereocenters. The number of nitrogens with zero attached hydrogens (tertiary/aromatic N) is 1. The van der Waals surface area contributed by atoms with Gasteiger partial charge < -0.3 is 4.90 Å². The Morgan fingerprint density at radius 2 is 2.21 bits per heavy atom. The van der Waals surface area contributed by atoms with Gasteiger partial charge in [-0.15, -0.1) is 6.42 Å². The number of hydrogen-bond acceptors (Lipinski definition) is 3. The van der Waals surface area contributed by atoms with E-state index in [1.165, 1.54) is 0 Å². The molecule has 3 heteroatoms. The van der Waals surface area contributed by atoms with Crippen LogP contribution in [0.25, 0.3) is 0 Å². The van der Waals surface area contributed by atoms with Crippen LogP contribution in [-0.2, 0) is 0 Å². The van der Waals surface area contributed by atoms with E-state index in [0.717, 1.165) is 11.3 Å². The van der Waals surface area contributed by atoms with Gasteiger partial charge in [0.2, 0.25) is 0 Å². The van der Waals surface area contributed by atoms with E-state index in [4.69, 9.17) is 12.3 Å². The first-order valence-electron chi connectivity index (χ1n) is 4.38. The van der Waals surface area contributed by atoms with Crippen LogP contribution in [0.5, 0.6) is 0 Å². The zero-order valence-corrected chi connectivity index (χ0v) is 8.49. The molecule has 0 amide bonds. The molecule has 1 rings (SSSR count). The lowest BCUT2D eigenvalue weighted by Crippen LogP contribution is -2.26. The minimum atomic E-state index is -0.227. The van der Waals surface area contributed by atoms with Gasteiger partial charge >= 0.3 is 0 Å². The molecule has 0 saturated carbocycles. The van der Waals surface area contributed by atoms with E-state index in [1.54, 1.807) is 0 Å². The van der Waals surface area contributed by atoms with Crippen molar-refractivity contribution in [1.29, 1.82) is 0 Å². The van der Waals surface area contributed by atoms with Gasteiger partial charge in [-0.3, -0.25) is 5.84 Å². The van der Waals surface area contributed by atoms with E-state index in [9.17, 15) is 0 Å². The second-order valence-electron chi connectivity index (χ2n) is 3.26. The van der Waals surface area contributed by atoms with Crippen LogP contribution in [0, 0.1) is 12.3 Å². The molecular weight excluding hydrogens is 174 g/mol. The molecule has 0 bridgehead atoms. The number of rotatable bonds is 3. The monoisotopic (exact) mass is 189 g/mol. The topological polar surface area (TPSA) is 41.3 Å². The Labute approximate surface area is 84.9 Å². The molecule has 0 aromatic heterocycles. The molecule has 1 aromatic rings. The average molecular weight is 189 g/mol. The number of hydrazine groups is 1. The van der Waals surface area contributed by atoms with Crippen molar-refractivity contribution in [2.45, 2.75) is 6.04 Å². The Hall–Kier alpha value is -1.50. The van der Waals surface area contributed by atoms with E-state index in [0.29, 0.717) is 0 Å². The summed E-state index contributed by atoms with van der Waals surface area (Å²) < 4.78 is 0. The third-order valence-corrected chi connectivity index (χ3v) is 2.05. The van der Waals surface area contributed by atoms with E-state index in [2.05, 4.69) is 11.3 Å². The third-order valence-electron chi connectivity index (χ3n) is 2.05. The molecule has 0 saturated heterocycles. The molecule has 0 heterocycles. The van der Waals surface area contributed by atoms with Crippen LogP contribution in [-0.4, -0.2) is 14.1 Å². The highest BCUT2D eigenvalue weighted by atomic mass is 15.2. The van der Waals surface area contributed by atoms with Crippen LogP contribution in [0.15, 0.2) is 24.3 Å². The normalized spacial score (nSPS) is 11.9. The molecule has 1 aromatic carbocycles. The molecule has 0 spiro atoms. The van der Waals surface area contributed by atoms with Crippen molar-refractivity contribution < 1.29 is 0 Å². The highest BCUT2D eigenvalue weighted by Gasteiger charge is 2.06. The summed E-state index contributed by atoms with van der Waals surface area (Å²) in [5.74, 6) is 7.91. The summed E-state index contributed by atoms with van der Waals surface area (Å²) in [4.78, 5) is 2.02. The summed E-state index contributed by atoms with van der Waals surface area (Å²) in [7, 11) is 3.97. The maximum Gasteiger partial charge on any atom is 0.107 e. The predicted molar refractivity (Wildman–Crippen MR) is 59.7 cm³/mol. The van der Waals surface area contributed by atoms with E-state index < -0.39 is 0 Å². The number of nitrogens with one attached hydrogen (secondary N) is 1. The smallest absolute Gasteiger partial charge is 0.107 e. The average Bonchev–Trinajstić information content (AvgIpc) is 2.20. The second kappa shape index (κ2) is 4.66. The van der Waals surface area contributed by atoms with Crippen LogP contribution in [0.2, 0.25) is 0 Å². The maximum atomic E-state index is 5.34. The minimum Gasteiger partial charge on any atom is -0.378 e. The van der Waals surface area contributed by atoms with Gasteiger partial charge in [-0.2, -0.15) is 0 Å². The Kier molecular flexibility index (Phi) is 3.52. The van der Waals surface area contributed by atoms with Gasteiger partial charge in [0.05, 0.1) is 0 Å². The number of benzene rings is 1. The molecule has 3 N–H and O–H groups in total. The molecule has 0 aliphatic heterocycles. The zero-order chi connectivity index (χ0) is 10.6. The number of anilines is 1. The van der Waals surface area contributed by atoms with Crippen molar-refractivity contribution in [3.05, 3.63) is 29.8 Å².